The van der Waals surface area contributed by atoms with Gasteiger partial charge in [-0.1, -0.05) is 30.3 Å². The number of rotatable bonds is 6. The number of hydrogen-bond donors (Lipinski definition) is 1. The zero-order chi connectivity index (χ0) is 22.8. The van der Waals surface area contributed by atoms with Gasteiger partial charge in [-0.05, 0) is 55.6 Å². The minimum Gasteiger partial charge on any atom is -0.496 e. The average molecular weight is 447 g/mol. The number of amides is 1. The maximum Gasteiger partial charge on any atom is 0.411 e. The predicted octanol–water partition coefficient (Wildman–Crippen LogP) is 4.52. The molecule has 2 bridgehead atoms. The van der Waals surface area contributed by atoms with Crippen LogP contribution >= 0.6 is 0 Å². The molecule has 3 fully saturated rings. The Kier molecular flexibility index (Phi) is 6.05. The van der Waals surface area contributed by atoms with Crippen molar-refractivity contribution in [1.29, 1.82) is 0 Å². The molecule has 2 aromatic carbocycles. The van der Waals surface area contributed by atoms with E-state index in [0.29, 0.717) is 18.4 Å². The molecule has 3 aromatic rings. The molecule has 7 nitrogen and oxygen atoms in total. The van der Waals surface area contributed by atoms with Crippen molar-refractivity contribution in [2.75, 3.05) is 32.1 Å². The first-order valence-electron chi connectivity index (χ1n) is 11.5. The van der Waals surface area contributed by atoms with E-state index < -0.39 is 6.09 Å². The van der Waals surface area contributed by atoms with Crippen LogP contribution in [0, 0.1) is 5.92 Å². The number of fused-ring (bicyclic) bond motifs is 3. The van der Waals surface area contributed by atoms with Crippen molar-refractivity contribution in [1.82, 2.24) is 14.7 Å². The first-order valence-corrected chi connectivity index (χ1v) is 11.5. The minimum absolute atomic E-state index is 0.267. The Morgan fingerprint density at radius 2 is 1.94 bits per heavy atom. The van der Waals surface area contributed by atoms with E-state index in [1.54, 1.807) is 7.11 Å². The van der Waals surface area contributed by atoms with Gasteiger partial charge in [-0.15, -0.1) is 0 Å². The molecule has 3 saturated heterocycles. The first-order chi connectivity index (χ1) is 16.1. The highest BCUT2D eigenvalue weighted by molar-refractivity contribution is 5.84. The Bertz CT molecular complexity index is 1110. The van der Waals surface area contributed by atoms with Crippen LogP contribution in [0.3, 0.4) is 0 Å². The van der Waals surface area contributed by atoms with Crippen molar-refractivity contribution in [2.45, 2.75) is 24.8 Å². The fourth-order valence-electron chi connectivity index (χ4n) is 5.31. The zero-order valence-corrected chi connectivity index (χ0v) is 19.1. The minimum atomic E-state index is -0.395. The lowest BCUT2D eigenvalue weighted by atomic mass is 9.74. The topological polar surface area (TPSA) is 68.6 Å². The SMILES string of the molecule is COc1ccccc1-c1cc([C@@H]2CN3CC[C@H]2C[C@@H]3COC(=O)Nc2ccccc2)n(C)n1. The van der Waals surface area contributed by atoms with Crippen molar-refractivity contribution in [3.63, 3.8) is 0 Å². The van der Waals surface area contributed by atoms with Gasteiger partial charge in [0, 0.05) is 42.5 Å². The summed E-state index contributed by atoms with van der Waals surface area (Å²) in [5.41, 5.74) is 3.96. The Labute approximate surface area is 194 Å². The van der Waals surface area contributed by atoms with Crippen LogP contribution in [0.15, 0.2) is 60.7 Å². The number of aromatic nitrogens is 2. The molecule has 1 N–H and O–H groups in total. The van der Waals surface area contributed by atoms with Crippen LogP contribution in [-0.2, 0) is 11.8 Å². The van der Waals surface area contributed by atoms with Crippen molar-refractivity contribution in [2.24, 2.45) is 13.0 Å². The number of carbonyl (C=O) groups excluding carboxylic acids is 1. The van der Waals surface area contributed by atoms with E-state index in [0.717, 1.165) is 48.6 Å². The summed E-state index contributed by atoms with van der Waals surface area (Å²) in [7, 11) is 3.72. The highest BCUT2D eigenvalue weighted by Crippen LogP contribution is 2.43. The Hall–Kier alpha value is -3.32. The molecule has 3 aliphatic rings. The number of anilines is 1. The lowest BCUT2D eigenvalue weighted by molar-refractivity contribution is -0.00222. The number of nitrogens with one attached hydrogen (secondary N) is 1. The van der Waals surface area contributed by atoms with Crippen LogP contribution < -0.4 is 10.1 Å². The van der Waals surface area contributed by atoms with Gasteiger partial charge in [-0.25, -0.2) is 4.79 Å². The molecule has 0 spiro atoms. The lowest BCUT2D eigenvalue weighted by Crippen LogP contribution is -2.54. The molecule has 7 heteroatoms. The van der Waals surface area contributed by atoms with Crippen molar-refractivity contribution in [3.8, 4) is 17.0 Å². The number of carbonyl (C=O) groups is 1. The molecule has 1 unspecified atom stereocenters. The van der Waals surface area contributed by atoms with Crippen LogP contribution in [0.1, 0.15) is 24.5 Å². The summed E-state index contributed by atoms with van der Waals surface area (Å²) >= 11 is 0. The molecule has 33 heavy (non-hydrogen) atoms. The van der Waals surface area contributed by atoms with E-state index in [1.807, 2.05) is 60.3 Å². The van der Waals surface area contributed by atoms with Gasteiger partial charge < -0.3 is 9.47 Å². The van der Waals surface area contributed by atoms with Crippen LogP contribution in [0.25, 0.3) is 11.3 Å². The van der Waals surface area contributed by atoms with E-state index in [9.17, 15) is 4.79 Å². The maximum absolute atomic E-state index is 12.2. The summed E-state index contributed by atoms with van der Waals surface area (Å²) in [6.07, 6.45) is 1.79. The summed E-state index contributed by atoms with van der Waals surface area (Å²) in [5.74, 6) is 1.82. The van der Waals surface area contributed by atoms with Gasteiger partial charge in [0.1, 0.15) is 12.4 Å². The van der Waals surface area contributed by atoms with Gasteiger partial charge in [0.25, 0.3) is 0 Å². The quantitative estimate of drug-likeness (QED) is 0.603. The molecule has 1 aromatic heterocycles. The van der Waals surface area contributed by atoms with Gasteiger partial charge in [0.05, 0.1) is 12.8 Å². The lowest BCUT2D eigenvalue weighted by Gasteiger charge is -2.49. The van der Waals surface area contributed by atoms with Crippen LogP contribution in [-0.4, -0.2) is 53.6 Å². The monoisotopic (exact) mass is 446 g/mol. The van der Waals surface area contributed by atoms with Gasteiger partial charge in [-0.2, -0.15) is 5.10 Å². The van der Waals surface area contributed by atoms with Crippen LogP contribution in [0.2, 0.25) is 0 Å². The number of para-hydroxylation sites is 2. The fraction of sp³-hybridized carbons (Fsp3) is 0.385. The van der Waals surface area contributed by atoms with Crippen molar-refractivity contribution >= 4 is 11.8 Å². The summed E-state index contributed by atoms with van der Waals surface area (Å²) in [4.78, 5) is 14.7. The third-order valence-corrected chi connectivity index (χ3v) is 6.98. The number of methoxy groups -OCH3 is 1. The molecule has 0 saturated carbocycles. The summed E-state index contributed by atoms with van der Waals surface area (Å²) in [6.45, 7) is 2.43. The molecule has 0 radical (unpaired) electrons. The molecule has 0 aliphatic carbocycles. The number of hydrogen-bond acceptors (Lipinski definition) is 5. The van der Waals surface area contributed by atoms with Gasteiger partial charge in [0.2, 0.25) is 0 Å². The van der Waals surface area contributed by atoms with E-state index in [1.165, 1.54) is 5.69 Å². The molecule has 1 amide bonds. The van der Waals surface area contributed by atoms with Gasteiger partial charge in [0.15, 0.2) is 0 Å². The number of piperidine rings is 3. The largest absolute Gasteiger partial charge is 0.496 e. The second kappa shape index (κ2) is 9.27. The van der Waals surface area contributed by atoms with Crippen molar-refractivity contribution < 1.29 is 14.3 Å². The van der Waals surface area contributed by atoms with E-state index in [4.69, 9.17) is 14.6 Å². The molecule has 172 valence electrons. The van der Waals surface area contributed by atoms with Crippen LogP contribution in [0.4, 0.5) is 10.5 Å². The number of aryl methyl sites for hydroxylation is 1. The van der Waals surface area contributed by atoms with E-state index >= 15 is 0 Å². The number of benzene rings is 2. The summed E-state index contributed by atoms with van der Waals surface area (Å²) in [5, 5.41) is 7.60. The third-order valence-electron chi connectivity index (χ3n) is 6.98. The number of ether oxygens (including phenoxy) is 2. The standard InChI is InChI=1S/C26H30N4O3/c1-29-24(15-23(28-29)21-10-6-7-11-25(21)32-2)22-16-30-13-12-18(22)14-20(30)17-33-26(31)27-19-8-4-3-5-9-19/h3-11,15,18,20,22H,12-14,16-17H2,1-2H3,(H,27,31)/t18-,20+,22+/m0/s1. The second-order valence-corrected chi connectivity index (χ2v) is 8.91. The Balaban J connectivity index is 1.24. The summed E-state index contributed by atoms with van der Waals surface area (Å²) < 4.78 is 13.1. The maximum atomic E-state index is 12.2. The highest BCUT2D eigenvalue weighted by Gasteiger charge is 2.42. The zero-order valence-electron chi connectivity index (χ0n) is 19.1. The van der Waals surface area contributed by atoms with Gasteiger partial charge in [-0.3, -0.25) is 14.9 Å². The normalized spacial score (nSPS) is 23.8. The van der Waals surface area contributed by atoms with Gasteiger partial charge >= 0.3 is 6.09 Å². The average Bonchev–Trinajstić information content (AvgIpc) is 3.25. The van der Waals surface area contributed by atoms with Crippen LogP contribution in [0.5, 0.6) is 5.75 Å². The molecule has 6 rings (SSSR count). The van der Waals surface area contributed by atoms with Crippen molar-refractivity contribution in [3.05, 3.63) is 66.4 Å². The molecule has 4 heterocycles. The Morgan fingerprint density at radius 3 is 2.70 bits per heavy atom. The highest BCUT2D eigenvalue weighted by atomic mass is 16.5. The smallest absolute Gasteiger partial charge is 0.411 e. The predicted molar refractivity (Wildman–Crippen MR) is 127 cm³/mol. The fourth-order valence-corrected chi connectivity index (χ4v) is 5.31. The third kappa shape index (κ3) is 4.46. The number of nitrogens with zero attached hydrogens (tertiary/aromatic N) is 3. The molecule has 4 atom stereocenters. The van der Waals surface area contributed by atoms with E-state index in [-0.39, 0.29) is 6.04 Å². The molecular formula is C26H30N4O3. The summed E-state index contributed by atoms with van der Waals surface area (Å²) in [6, 6.07) is 19.9. The molecule has 3 aliphatic heterocycles. The Morgan fingerprint density at radius 1 is 1.15 bits per heavy atom. The first kappa shape index (κ1) is 21.5. The second-order valence-electron chi connectivity index (χ2n) is 8.91. The molecular weight excluding hydrogens is 416 g/mol. The van der Waals surface area contributed by atoms with E-state index in [2.05, 4.69) is 22.3 Å².